The van der Waals surface area contributed by atoms with Crippen molar-refractivity contribution in [3.05, 3.63) is 18.0 Å². The van der Waals surface area contributed by atoms with Crippen LogP contribution in [0.2, 0.25) is 0 Å². The molecule has 1 aliphatic carbocycles. The van der Waals surface area contributed by atoms with E-state index < -0.39 is 0 Å². The molecule has 1 saturated carbocycles. The highest BCUT2D eigenvalue weighted by Gasteiger charge is 2.40. The van der Waals surface area contributed by atoms with E-state index in [9.17, 15) is 5.11 Å². The maximum absolute atomic E-state index is 9.34. The summed E-state index contributed by atoms with van der Waals surface area (Å²) in [5.41, 5.74) is 0.941. The average molecular weight is 195 g/mol. The Labute approximate surface area is 83.7 Å². The molecule has 1 aromatic heterocycles. The van der Waals surface area contributed by atoms with Crippen LogP contribution in [-0.4, -0.2) is 27.4 Å². The number of H-pyrrole nitrogens is 1. The summed E-state index contributed by atoms with van der Waals surface area (Å²) in [5.74, 6) is 0.635. The van der Waals surface area contributed by atoms with Gasteiger partial charge in [-0.2, -0.15) is 5.10 Å². The molecule has 1 aromatic rings. The van der Waals surface area contributed by atoms with Crippen molar-refractivity contribution in [1.82, 2.24) is 15.5 Å². The summed E-state index contributed by atoms with van der Waals surface area (Å²) in [6.07, 6.45) is 4.20. The molecule has 3 N–H and O–H groups in total. The minimum absolute atomic E-state index is 0.120. The van der Waals surface area contributed by atoms with Crippen LogP contribution in [0.4, 0.5) is 0 Å². The highest BCUT2D eigenvalue weighted by atomic mass is 16.3. The first-order valence-electron chi connectivity index (χ1n) is 5.09. The normalized spacial score (nSPS) is 20.7. The molecule has 1 heterocycles. The standard InChI is InChI=1S/C10H17N3O/c1-10(7-14,8-2-3-8)11-6-9-4-5-12-13-9/h4-5,8,11,14H,2-3,6-7H2,1H3,(H,12,13). The first-order chi connectivity index (χ1) is 6.74. The molecule has 1 unspecified atom stereocenters. The largest absolute Gasteiger partial charge is 0.394 e. The highest BCUT2D eigenvalue weighted by molar-refractivity contribution is 5.02. The number of aliphatic hydroxyl groups excluding tert-OH is 1. The lowest BCUT2D eigenvalue weighted by Crippen LogP contribution is -2.47. The Bertz CT molecular complexity index is 282. The van der Waals surface area contributed by atoms with Crippen molar-refractivity contribution in [1.29, 1.82) is 0 Å². The van der Waals surface area contributed by atoms with E-state index in [1.807, 2.05) is 6.07 Å². The second-order valence-electron chi connectivity index (χ2n) is 4.29. The van der Waals surface area contributed by atoms with Crippen molar-refractivity contribution in [2.45, 2.75) is 31.8 Å². The summed E-state index contributed by atoms with van der Waals surface area (Å²) in [6.45, 7) is 3.03. The molecule has 78 valence electrons. The summed E-state index contributed by atoms with van der Waals surface area (Å²) in [7, 11) is 0. The number of hydrogen-bond acceptors (Lipinski definition) is 3. The van der Waals surface area contributed by atoms with Crippen molar-refractivity contribution in [2.75, 3.05) is 6.61 Å². The Morgan fingerprint density at radius 1 is 1.71 bits per heavy atom. The van der Waals surface area contributed by atoms with E-state index in [1.165, 1.54) is 12.8 Å². The number of aliphatic hydroxyl groups is 1. The predicted molar refractivity (Wildman–Crippen MR) is 53.6 cm³/mol. The quantitative estimate of drug-likeness (QED) is 0.647. The minimum Gasteiger partial charge on any atom is -0.394 e. The number of aromatic nitrogens is 2. The Morgan fingerprint density at radius 3 is 3.00 bits per heavy atom. The van der Waals surface area contributed by atoms with Crippen LogP contribution in [0.25, 0.3) is 0 Å². The molecule has 2 rings (SSSR count). The number of nitrogens with one attached hydrogen (secondary N) is 2. The van der Waals surface area contributed by atoms with Gasteiger partial charge < -0.3 is 10.4 Å². The monoisotopic (exact) mass is 195 g/mol. The van der Waals surface area contributed by atoms with E-state index in [2.05, 4.69) is 22.4 Å². The molecule has 0 bridgehead atoms. The Morgan fingerprint density at radius 2 is 2.50 bits per heavy atom. The van der Waals surface area contributed by atoms with Gasteiger partial charge in [0.25, 0.3) is 0 Å². The molecule has 0 radical (unpaired) electrons. The molecule has 0 aliphatic heterocycles. The third-order valence-electron chi connectivity index (χ3n) is 3.05. The van der Waals surface area contributed by atoms with Gasteiger partial charge in [0, 0.05) is 24.0 Å². The second kappa shape index (κ2) is 3.71. The zero-order valence-electron chi connectivity index (χ0n) is 8.45. The second-order valence-corrected chi connectivity index (χ2v) is 4.29. The Hall–Kier alpha value is -0.870. The van der Waals surface area contributed by atoms with Gasteiger partial charge in [0.15, 0.2) is 0 Å². The van der Waals surface area contributed by atoms with Gasteiger partial charge in [0.1, 0.15) is 0 Å². The summed E-state index contributed by atoms with van der Waals surface area (Å²) in [4.78, 5) is 0. The first kappa shape index (κ1) is 9.68. The molecule has 4 nitrogen and oxygen atoms in total. The van der Waals surface area contributed by atoms with Gasteiger partial charge in [-0.15, -0.1) is 0 Å². The van der Waals surface area contributed by atoms with Crippen LogP contribution < -0.4 is 5.32 Å². The predicted octanol–water partition coefficient (Wildman–Crippen LogP) is 0.660. The van der Waals surface area contributed by atoms with E-state index in [-0.39, 0.29) is 12.1 Å². The maximum atomic E-state index is 9.34. The minimum atomic E-state index is -0.120. The van der Waals surface area contributed by atoms with Crippen molar-refractivity contribution >= 4 is 0 Å². The first-order valence-corrected chi connectivity index (χ1v) is 5.09. The topological polar surface area (TPSA) is 60.9 Å². The summed E-state index contributed by atoms with van der Waals surface area (Å²) in [5, 5.41) is 19.5. The van der Waals surface area contributed by atoms with Crippen molar-refractivity contribution in [3.63, 3.8) is 0 Å². The van der Waals surface area contributed by atoms with Gasteiger partial charge in [0.05, 0.1) is 6.61 Å². The fourth-order valence-electron chi connectivity index (χ4n) is 1.73. The average Bonchev–Trinajstić information content (AvgIpc) is 2.94. The van der Waals surface area contributed by atoms with Gasteiger partial charge in [-0.3, -0.25) is 5.10 Å². The molecule has 0 saturated heterocycles. The third-order valence-corrected chi connectivity index (χ3v) is 3.05. The third kappa shape index (κ3) is 1.96. The molecule has 14 heavy (non-hydrogen) atoms. The van der Waals surface area contributed by atoms with Crippen molar-refractivity contribution in [2.24, 2.45) is 5.92 Å². The Kier molecular flexibility index (Phi) is 2.56. The zero-order chi connectivity index (χ0) is 10.0. The van der Waals surface area contributed by atoms with Gasteiger partial charge in [-0.05, 0) is 31.7 Å². The maximum Gasteiger partial charge on any atom is 0.0613 e. The van der Waals surface area contributed by atoms with Gasteiger partial charge in [-0.25, -0.2) is 0 Å². The summed E-state index contributed by atoms with van der Waals surface area (Å²) >= 11 is 0. The van der Waals surface area contributed by atoms with Crippen LogP contribution in [0.1, 0.15) is 25.5 Å². The fraction of sp³-hybridized carbons (Fsp3) is 0.700. The lowest BCUT2D eigenvalue weighted by molar-refractivity contribution is 0.153. The molecule has 0 aromatic carbocycles. The van der Waals surface area contributed by atoms with E-state index in [1.54, 1.807) is 6.20 Å². The van der Waals surface area contributed by atoms with Crippen LogP contribution in [0.5, 0.6) is 0 Å². The Balaban J connectivity index is 1.89. The molecule has 4 heteroatoms. The lowest BCUT2D eigenvalue weighted by Gasteiger charge is -2.28. The molecular formula is C10H17N3O. The lowest BCUT2D eigenvalue weighted by atomic mass is 9.97. The molecule has 1 aliphatic rings. The van der Waals surface area contributed by atoms with Gasteiger partial charge in [0.2, 0.25) is 0 Å². The van der Waals surface area contributed by atoms with Crippen LogP contribution in [0.3, 0.4) is 0 Å². The van der Waals surface area contributed by atoms with Crippen molar-refractivity contribution < 1.29 is 5.11 Å². The van der Waals surface area contributed by atoms with E-state index in [4.69, 9.17) is 0 Å². The van der Waals surface area contributed by atoms with Crippen molar-refractivity contribution in [3.8, 4) is 0 Å². The van der Waals surface area contributed by atoms with E-state index in [0.29, 0.717) is 5.92 Å². The van der Waals surface area contributed by atoms with Crippen LogP contribution >= 0.6 is 0 Å². The highest BCUT2D eigenvalue weighted by Crippen LogP contribution is 2.39. The summed E-state index contributed by atoms with van der Waals surface area (Å²) < 4.78 is 0. The smallest absolute Gasteiger partial charge is 0.0613 e. The number of aromatic amines is 1. The fourth-order valence-corrected chi connectivity index (χ4v) is 1.73. The van der Waals surface area contributed by atoms with Crippen LogP contribution in [0, 0.1) is 5.92 Å². The van der Waals surface area contributed by atoms with E-state index in [0.717, 1.165) is 12.2 Å². The molecule has 0 spiro atoms. The molecular weight excluding hydrogens is 178 g/mol. The SMILES string of the molecule is CC(CO)(NCc1ccn[nH]1)C1CC1. The van der Waals surface area contributed by atoms with Gasteiger partial charge in [-0.1, -0.05) is 0 Å². The number of nitrogens with zero attached hydrogens (tertiary/aromatic N) is 1. The summed E-state index contributed by atoms with van der Waals surface area (Å²) in [6, 6.07) is 1.94. The van der Waals surface area contributed by atoms with Gasteiger partial charge >= 0.3 is 0 Å². The van der Waals surface area contributed by atoms with Crippen LogP contribution in [0.15, 0.2) is 12.3 Å². The molecule has 1 atom stereocenters. The molecule has 1 fully saturated rings. The van der Waals surface area contributed by atoms with E-state index >= 15 is 0 Å². The number of hydrogen-bond donors (Lipinski definition) is 3. The zero-order valence-corrected chi connectivity index (χ0v) is 8.45. The molecule has 0 amide bonds. The number of rotatable bonds is 5. The van der Waals surface area contributed by atoms with Crippen LogP contribution in [-0.2, 0) is 6.54 Å².